The van der Waals surface area contributed by atoms with Crippen LogP contribution in [0.4, 0.5) is 4.39 Å². The average Bonchev–Trinajstić information content (AvgIpc) is 2.65. The van der Waals surface area contributed by atoms with Gasteiger partial charge in [-0.2, -0.15) is 0 Å². The molecule has 128 valence electrons. The second-order valence-electron chi connectivity index (χ2n) is 5.05. The van der Waals surface area contributed by atoms with E-state index < -0.39 is 30.1 Å². The van der Waals surface area contributed by atoms with Gasteiger partial charge in [0.25, 0.3) is 0 Å². The number of benzene rings is 1. The molecule has 0 saturated carbocycles. The topological polar surface area (TPSA) is 75.1 Å². The molecule has 0 aliphatic rings. The number of rotatable bonds is 7. The average molecular weight is 372 g/mol. The van der Waals surface area contributed by atoms with E-state index in [9.17, 15) is 14.3 Å². The molecule has 3 atom stereocenters. The molecule has 1 amide bonds. The van der Waals surface area contributed by atoms with Crippen molar-refractivity contribution in [1.29, 1.82) is 0 Å². The van der Waals surface area contributed by atoms with Gasteiger partial charge in [0, 0.05) is 23.8 Å². The first-order valence-corrected chi connectivity index (χ1v) is 8.14. The van der Waals surface area contributed by atoms with Gasteiger partial charge in [-0.05, 0) is 5.56 Å². The first-order valence-electron chi connectivity index (χ1n) is 7.17. The minimum atomic E-state index is -1.21. The van der Waals surface area contributed by atoms with Crippen LogP contribution in [0.15, 0.2) is 42.9 Å². The Morgan fingerprint density at radius 1 is 1.29 bits per heavy atom. The molecule has 24 heavy (non-hydrogen) atoms. The molecule has 3 unspecified atom stereocenters. The van der Waals surface area contributed by atoms with Crippen LogP contribution in [0.5, 0.6) is 0 Å². The van der Waals surface area contributed by atoms with Crippen molar-refractivity contribution < 1.29 is 14.3 Å². The molecule has 0 saturated heterocycles. The van der Waals surface area contributed by atoms with Gasteiger partial charge in [-0.15, -0.1) is 23.2 Å². The molecule has 0 radical (unpaired) electrons. The van der Waals surface area contributed by atoms with Crippen LogP contribution in [-0.4, -0.2) is 45.0 Å². The van der Waals surface area contributed by atoms with Crippen molar-refractivity contribution in [3.63, 3.8) is 0 Å². The fraction of sp³-hybridized carbons (Fsp3) is 0.312. The summed E-state index contributed by atoms with van der Waals surface area (Å²) in [5.74, 6) is -0.723. The summed E-state index contributed by atoms with van der Waals surface area (Å²) in [5, 5.41) is 11.7. The number of aromatic nitrogens is 2. The molecular weight excluding hydrogens is 356 g/mol. The second kappa shape index (κ2) is 8.92. The Balaban J connectivity index is 2.10. The summed E-state index contributed by atoms with van der Waals surface area (Å²) >= 11 is 11.2. The first kappa shape index (κ1) is 18.6. The van der Waals surface area contributed by atoms with E-state index in [0.29, 0.717) is 11.3 Å². The molecule has 0 aliphatic carbocycles. The molecule has 2 rings (SSSR count). The van der Waals surface area contributed by atoms with Crippen LogP contribution in [0, 0.1) is 0 Å². The number of aliphatic hydroxyl groups is 1. The molecule has 1 aromatic carbocycles. The van der Waals surface area contributed by atoms with Gasteiger partial charge < -0.3 is 10.4 Å². The Hall–Kier alpha value is -1.76. The molecular formula is C16H16Cl2FN3O2. The normalized spacial score (nSPS) is 14.7. The number of nitrogens with one attached hydrogen (secondary N) is 1. The molecule has 1 heterocycles. The Bertz CT molecular complexity index is 658. The maximum Gasteiger partial charge on any atom is 0.239 e. The van der Waals surface area contributed by atoms with Crippen molar-refractivity contribution in [2.45, 2.75) is 17.5 Å². The van der Waals surface area contributed by atoms with Crippen LogP contribution in [-0.2, 0) is 4.79 Å². The zero-order valence-corrected chi connectivity index (χ0v) is 14.1. The number of aliphatic hydroxyl groups excluding tert-OH is 1. The highest BCUT2D eigenvalue weighted by atomic mass is 35.5. The third-order valence-corrected chi connectivity index (χ3v) is 4.23. The van der Waals surface area contributed by atoms with Crippen LogP contribution in [0.1, 0.15) is 11.7 Å². The lowest BCUT2D eigenvalue weighted by molar-refractivity contribution is -0.122. The third kappa shape index (κ3) is 4.63. The number of hydrogen-bond acceptors (Lipinski definition) is 4. The van der Waals surface area contributed by atoms with Gasteiger partial charge in [-0.25, -0.2) is 4.39 Å². The number of amides is 1. The summed E-state index contributed by atoms with van der Waals surface area (Å²) in [4.78, 5) is 19.9. The molecule has 0 bridgehead atoms. The number of nitrogens with zero attached hydrogens (tertiary/aromatic N) is 2. The predicted octanol–water partition coefficient (Wildman–Crippen LogP) is 2.48. The monoisotopic (exact) mass is 371 g/mol. The lowest BCUT2D eigenvalue weighted by atomic mass is 10.0. The Morgan fingerprint density at radius 2 is 2.00 bits per heavy atom. The van der Waals surface area contributed by atoms with Gasteiger partial charge in [0.2, 0.25) is 5.91 Å². The fourth-order valence-corrected chi connectivity index (χ4v) is 2.28. The summed E-state index contributed by atoms with van der Waals surface area (Å²) in [5.41, 5.74) is 1.95. The van der Waals surface area contributed by atoms with Crippen LogP contribution in [0.3, 0.4) is 0 Å². The highest BCUT2D eigenvalue weighted by Crippen LogP contribution is 2.22. The lowest BCUT2D eigenvalue weighted by Gasteiger charge is -2.23. The van der Waals surface area contributed by atoms with E-state index >= 15 is 0 Å². The number of carbonyl (C=O) groups is 1. The van der Waals surface area contributed by atoms with Crippen molar-refractivity contribution >= 4 is 29.1 Å². The van der Waals surface area contributed by atoms with Crippen molar-refractivity contribution in [3.8, 4) is 11.3 Å². The molecule has 2 N–H and O–H groups in total. The minimum absolute atomic E-state index is 0.102. The van der Waals surface area contributed by atoms with E-state index in [-0.39, 0.29) is 5.88 Å². The quantitative estimate of drug-likeness (QED) is 0.733. The fourth-order valence-electron chi connectivity index (χ4n) is 2.08. The Labute approximate surface area is 148 Å². The van der Waals surface area contributed by atoms with Crippen molar-refractivity contribution in [2.24, 2.45) is 0 Å². The molecule has 1 aromatic heterocycles. The van der Waals surface area contributed by atoms with E-state index in [2.05, 4.69) is 15.3 Å². The summed E-state index contributed by atoms with van der Waals surface area (Å²) < 4.78 is 13.2. The van der Waals surface area contributed by atoms with Crippen molar-refractivity contribution in [2.75, 3.05) is 12.6 Å². The number of halogens is 3. The summed E-state index contributed by atoms with van der Waals surface area (Å²) in [7, 11) is 0. The minimum Gasteiger partial charge on any atom is -0.386 e. The second-order valence-corrected chi connectivity index (χ2v) is 5.88. The Morgan fingerprint density at radius 3 is 2.54 bits per heavy atom. The maximum absolute atomic E-state index is 13.2. The maximum atomic E-state index is 13.2. The molecule has 0 fully saturated rings. The zero-order chi connectivity index (χ0) is 17.5. The van der Waals surface area contributed by atoms with Crippen LogP contribution in [0.2, 0.25) is 0 Å². The standard InChI is InChI=1S/C16H16Cl2FN3O2/c17-7-12(18)16(24)22-13(8-19)15(23)11-3-1-10(2-4-11)14-9-20-5-6-21-14/h1-6,9,12-13,15,23H,7-8H2,(H,22,24). The van der Waals surface area contributed by atoms with E-state index in [1.54, 1.807) is 42.9 Å². The van der Waals surface area contributed by atoms with Gasteiger partial charge >= 0.3 is 0 Å². The van der Waals surface area contributed by atoms with Gasteiger partial charge in [-0.3, -0.25) is 14.8 Å². The summed E-state index contributed by atoms with van der Waals surface area (Å²) in [6.07, 6.45) is 3.55. The van der Waals surface area contributed by atoms with Crippen LogP contribution in [0.25, 0.3) is 11.3 Å². The first-order chi connectivity index (χ1) is 11.6. The van der Waals surface area contributed by atoms with E-state index in [0.717, 1.165) is 5.56 Å². The SMILES string of the molecule is O=C(NC(CF)C(O)c1ccc(-c2cnccn2)cc1)C(Cl)CCl. The molecule has 2 aromatic rings. The molecule has 8 heteroatoms. The zero-order valence-electron chi connectivity index (χ0n) is 12.6. The molecule has 5 nitrogen and oxygen atoms in total. The number of alkyl halides is 3. The molecule has 0 spiro atoms. The summed E-state index contributed by atoms with van der Waals surface area (Å²) in [6.45, 7) is -0.940. The highest BCUT2D eigenvalue weighted by molar-refractivity contribution is 6.36. The summed E-state index contributed by atoms with van der Waals surface area (Å²) in [6, 6.07) is 5.65. The largest absolute Gasteiger partial charge is 0.386 e. The van der Waals surface area contributed by atoms with E-state index in [1.807, 2.05) is 0 Å². The van der Waals surface area contributed by atoms with E-state index in [4.69, 9.17) is 23.2 Å². The Kier molecular flexibility index (Phi) is 6.90. The van der Waals surface area contributed by atoms with Crippen molar-refractivity contribution in [1.82, 2.24) is 15.3 Å². The highest BCUT2D eigenvalue weighted by Gasteiger charge is 2.25. The lowest BCUT2D eigenvalue weighted by Crippen LogP contribution is -2.44. The van der Waals surface area contributed by atoms with E-state index in [1.165, 1.54) is 0 Å². The predicted molar refractivity (Wildman–Crippen MR) is 90.7 cm³/mol. The van der Waals surface area contributed by atoms with Gasteiger partial charge in [0.15, 0.2) is 0 Å². The number of carbonyl (C=O) groups excluding carboxylic acids is 1. The van der Waals surface area contributed by atoms with Gasteiger partial charge in [-0.1, -0.05) is 24.3 Å². The number of hydrogen-bond donors (Lipinski definition) is 2. The van der Waals surface area contributed by atoms with Gasteiger partial charge in [0.1, 0.15) is 18.2 Å². The third-order valence-electron chi connectivity index (χ3n) is 3.41. The molecule has 0 aliphatic heterocycles. The van der Waals surface area contributed by atoms with Gasteiger partial charge in [0.05, 0.1) is 17.9 Å². The van der Waals surface area contributed by atoms with Crippen LogP contribution >= 0.6 is 23.2 Å². The van der Waals surface area contributed by atoms with Crippen LogP contribution < -0.4 is 5.32 Å². The van der Waals surface area contributed by atoms with Crippen molar-refractivity contribution in [3.05, 3.63) is 48.4 Å². The smallest absolute Gasteiger partial charge is 0.239 e.